The molecule has 0 saturated heterocycles. The molecule has 1 heterocycles. The zero-order valence-electron chi connectivity index (χ0n) is 12.0. The van der Waals surface area contributed by atoms with Gasteiger partial charge in [-0.3, -0.25) is 0 Å². The number of rotatable bonds is 5. The summed E-state index contributed by atoms with van der Waals surface area (Å²) in [5.41, 5.74) is 0.506. The fourth-order valence-electron chi connectivity index (χ4n) is 1.85. The minimum Gasteiger partial charge on any atom is -0.494 e. The fourth-order valence-corrected chi connectivity index (χ4v) is 3.06. The van der Waals surface area contributed by atoms with Crippen LogP contribution in [0.1, 0.15) is 5.56 Å². The summed E-state index contributed by atoms with van der Waals surface area (Å²) in [6.07, 6.45) is 1.18. The lowest BCUT2D eigenvalue weighted by Crippen LogP contribution is -2.26. The molecule has 2 aromatic rings. The van der Waals surface area contributed by atoms with E-state index in [1.165, 1.54) is 44.6 Å². The Bertz CT molecular complexity index is 766. The molecule has 1 aromatic heterocycles. The lowest BCUT2D eigenvalue weighted by atomic mass is 10.2. The summed E-state index contributed by atoms with van der Waals surface area (Å²) in [6, 6.07) is 7.07. The monoisotopic (exact) mass is 344 g/mol. The number of ether oxygens (including phenoxy) is 1. The summed E-state index contributed by atoms with van der Waals surface area (Å²) in [4.78, 5) is 3.78. The van der Waals surface area contributed by atoms with E-state index < -0.39 is 15.8 Å². The van der Waals surface area contributed by atoms with Crippen molar-refractivity contribution in [3.63, 3.8) is 0 Å². The number of aromatic nitrogens is 1. The van der Waals surface area contributed by atoms with Crippen LogP contribution in [0.25, 0.3) is 0 Å². The molecule has 0 saturated carbocycles. The van der Waals surface area contributed by atoms with Crippen molar-refractivity contribution in [2.75, 3.05) is 14.2 Å². The van der Waals surface area contributed by atoms with Crippen LogP contribution in [0.3, 0.4) is 0 Å². The lowest BCUT2D eigenvalue weighted by molar-refractivity contribution is 0.385. The van der Waals surface area contributed by atoms with Gasteiger partial charge in [0.1, 0.15) is 10.0 Å². The van der Waals surface area contributed by atoms with E-state index in [0.717, 1.165) is 4.31 Å². The molecule has 0 spiro atoms. The van der Waals surface area contributed by atoms with Gasteiger partial charge in [0, 0.05) is 19.8 Å². The van der Waals surface area contributed by atoms with Gasteiger partial charge >= 0.3 is 0 Å². The molecule has 0 aliphatic rings. The van der Waals surface area contributed by atoms with Gasteiger partial charge in [-0.25, -0.2) is 17.8 Å². The zero-order chi connectivity index (χ0) is 16.3. The summed E-state index contributed by atoms with van der Waals surface area (Å²) in [5.74, 6) is -0.435. The number of benzene rings is 1. The molecule has 1 aromatic carbocycles. The number of hydrogen-bond donors (Lipinski definition) is 0. The first kappa shape index (κ1) is 16.7. The standard InChI is InChI=1S/C14H14ClFN2O3S/c1-18(9-10-3-5-13(21-2)12(16)7-10)22(19,20)11-4-6-14(15)17-8-11/h3-8H,9H2,1-2H3. The third kappa shape index (κ3) is 3.55. The van der Waals surface area contributed by atoms with Crippen LogP contribution in [0, 0.1) is 5.82 Å². The van der Waals surface area contributed by atoms with Crippen LogP contribution in [0.4, 0.5) is 4.39 Å². The number of pyridine rings is 1. The van der Waals surface area contributed by atoms with Gasteiger partial charge in [0.25, 0.3) is 0 Å². The molecule has 0 radical (unpaired) electrons. The topological polar surface area (TPSA) is 59.5 Å². The number of hydrogen-bond acceptors (Lipinski definition) is 4. The Kier molecular flexibility index (Phi) is 5.00. The molecule has 22 heavy (non-hydrogen) atoms. The zero-order valence-corrected chi connectivity index (χ0v) is 13.5. The summed E-state index contributed by atoms with van der Waals surface area (Å²) in [7, 11) is -0.952. The third-order valence-corrected chi connectivity index (χ3v) is 5.04. The van der Waals surface area contributed by atoms with Gasteiger partial charge in [-0.05, 0) is 29.8 Å². The highest BCUT2D eigenvalue weighted by molar-refractivity contribution is 7.89. The van der Waals surface area contributed by atoms with E-state index in [1.807, 2.05) is 0 Å². The number of sulfonamides is 1. The van der Waals surface area contributed by atoms with Crippen molar-refractivity contribution in [2.24, 2.45) is 0 Å². The Morgan fingerprint density at radius 3 is 2.59 bits per heavy atom. The first-order valence-corrected chi connectivity index (χ1v) is 8.06. The van der Waals surface area contributed by atoms with Crippen LogP contribution in [0.2, 0.25) is 5.15 Å². The highest BCUT2D eigenvalue weighted by Crippen LogP contribution is 2.21. The first-order chi connectivity index (χ1) is 10.3. The Morgan fingerprint density at radius 2 is 2.05 bits per heavy atom. The highest BCUT2D eigenvalue weighted by Gasteiger charge is 2.21. The number of nitrogens with zero attached hydrogens (tertiary/aromatic N) is 2. The predicted molar refractivity (Wildman–Crippen MR) is 80.9 cm³/mol. The van der Waals surface area contributed by atoms with Crippen molar-refractivity contribution in [3.8, 4) is 5.75 Å². The number of methoxy groups -OCH3 is 1. The summed E-state index contributed by atoms with van der Waals surface area (Å²) in [6.45, 7) is 0.0197. The van der Waals surface area contributed by atoms with E-state index in [9.17, 15) is 12.8 Å². The molecule has 0 bridgehead atoms. The summed E-state index contributed by atoms with van der Waals surface area (Å²) in [5, 5.41) is 0.207. The largest absolute Gasteiger partial charge is 0.494 e. The van der Waals surface area contributed by atoms with Crippen molar-refractivity contribution in [1.82, 2.24) is 9.29 Å². The quantitative estimate of drug-likeness (QED) is 0.782. The summed E-state index contributed by atoms with van der Waals surface area (Å²) >= 11 is 5.64. The van der Waals surface area contributed by atoms with Gasteiger partial charge in [0.2, 0.25) is 10.0 Å². The Labute approximate surface area is 133 Å². The third-order valence-electron chi connectivity index (χ3n) is 3.03. The smallest absolute Gasteiger partial charge is 0.244 e. The average molecular weight is 345 g/mol. The molecule has 8 heteroatoms. The highest BCUT2D eigenvalue weighted by atomic mass is 35.5. The van der Waals surface area contributed by atoms with E-state index in [-0.39, 0.29) is 22.3 Å². The molecule has 0 atom stereocenters. The van der Waals surface area contributed by atoms with Gasteiger partial charge in [-0.15, -0.1) is 0 Å². The molecule has 0 fully saturated rings. The van der Waals surface area contributed by atoms with Crippen LogP contribution < -0.4 is 4.74 Å². The van der Waals surface area contributed by atoms with Crippen molar-refractivity contribution in [3.05, 3.63) is 53.1 Å². The van der Waals surface area contributed by atoms with Gasteiger partial charge in [-0.1, -0.05) is 17.7 Å². The number of halogens is 2. The minimum atomic E-state index is -3.72. The first-order valence-electron chi connectivity index (χ1n) is 6.25. The Hall–Kier alpha value is -1.70. The second-order valence-corrected chi connectivity index (χ2v) is 6.98. The van der Waals surface area contributed by atoms with Crippen LogP contribution in [0.15, 0.2) is 41.4 Å². The van der Waals surface area contributed by atoms with Gasteiger partial charge in [-0.2, -0.15) is 4.31 Å². The van der Waals surface area contributed by atoms with Crippen molar-refractivity contribution in [2.45, 2.75) is 11.4 Å². The second kappa shape index (κ2) is 6.60. The lowest BCUT2D eigenvalue weighted by Gasteiger charge is -2.17. The average Bonchev–Trinajstić information content (AvgIpc) is 2.48. The molecule has 0 N–H and O–H groups in total. The van der Waals surface area contributed by atoms with Gasteiger partial charge in [0.15, 0.2) is 11.6 Å². The van der Waals surface area contributed by atoms with E-state index in [0.29, 0.717) is 5.56 Å². The molecule has 0 aliphatic carbocycles. The maximum Gasteiger partial charge on any atom is 0.244 e. The van der Waals surface area contributed by atoms with Crippen LogP contribution in [0.5, 0.6) is 5.75 Å². The van der Waals surface area contributed by atoms with E-state index in [4.69, 9.17) is 16.3 Å². The Balaban J connectivity index is 2.22. The SMILES string of the molecule is COc1ccc(CN(C)S(=O)(=O)c2ccc(Cl)nc2)cc1F. The normalized spacial score (nSPS) is 11.7. The summed E-state index contributed by atoms with van der Waals surface area (Å²) < 4.78 is 44.3. The molecule has 0 amide bonds. The van der Waals surface area contributed by atoms with Gasteiger partial charge < -0.3 is 4.74 Å². The van der Waals surface area contributed by atoms with Crippen LogP contribution in [-0.2, 0) is 16.6 Å². The van der Waals surface area contributed by atoms with Crippen LogP contribution in [-0.4, -0.2) is 31.9 Å². The molecular weight excluding hydrogens is 331 g/mol. The molecule has 0 aliphatic heterocycles. The predicted octanol–water partition coefficient (Wildman–Crippen LogP) is 2.70. The van der Waals surface area contributed by atoms with Gasteiger partial charge in [0.05, 0.1) is 7.11 Å². The molecule has 0 unspecified atom stereocenters. The maximum absolute atomic E-state index is 13.6. The molecule has 118 valence electrons. The molecule has 2 rings (SSSR count). The van der Waals surface area contributed by atoms with E-state index >= 15 is 0 Å². The molecular formula is C14H14ClFN2O3S. The second-order valence-electron chi connectivity index (χ2n) is 4.55. The van der Waals surface area contributed by atoms with Crippen LogP contribution >= 0.6 is 11.6 Å². The minimum absolute atomic E-state index is 0.0197. The molecule has 5 nitrogen and oxygen atoms in total. The van der Waals surface area contributed by atoms with E-state index in [2.05, 4.69) is 4.98 Å². The van der Waals surface area contributed by atoms with Crippen molar-refractivity contribution in [1.29, 1.82) is 0 Å². The maximum atomic E-state index is 13.6. The Morgan fingerprint density at radius 1 is 1.32 bits per heavy atom. The van der Waals surface area contributed by atoms with Crippen molar-refractivity contribution < 1.29 is 17.5 Å². The fraction of sp³-hybridized carbons (Fsp3) is 0.214. The van der Waals surface area contributed by atoms with E-state index in [1.54, 1.807) is 6.07 Å². The van der Waals surface area contributed by atoms with Crippen molar-refractivity contribution >= 4 is 21.6 Å².